The van der Waals surface area contributed by atoms with E-state index in [9.17, 15) is 17.2 Å². The fraction of sp³-hybridized carbons (Fsp3) is 0.250. The molecule has 1 atom stereocenters. The molecule has 0 aliphatic rings. The van der Waals surface area contributed by atoms with Crippen molar-refractivity contribution in [1.29, 1.82) is 0 Å². The normalized spacial score (nSPS) is 12.8. The molecule has 0 bridgehead atoms. The van der Waals surface area contributed by atoms with Crippen molar-refractivity contribution in [3.8, 4) is 5.75 Å². The summed E-state index contributed by atoms with van der Waals surface area (Å²) >= 11 is 5.96. The van der Waals surface area contributed by atoms with Crippen molar-refractivity contribution >= 4 is 27.1 Å². The quantitative estimate of drug-likeness (QED) is 0.795. The molecule has 0 aliphatic carbocycles. The zero-order valence-electron chi connectivity index (χ0n) is 13.2. The molecule has 0 spiro atoms. The van der Waals surface area contributed by atoms with Crippen LogP contribution >= 0.6 is 11.6 Å². The number of hydrogen-bond donors (Lipinski definition) is 1. The SMILES string of the molecule is COc1c(Cl)cc(F)cc1C(C)Nc1cc(F)ccc1S(C)(=O)=O. The van der Waals surface area contributed by atoms with E-state index in [1.54, 1.807) is 6.92 Å². The molecule has 2 aromatic rings. The number of methoxy groups -OCH3 is 1. The minimum absolute atomic E-state index is 0.0581. The van der Waals surface area contributed by atoms with Crippen molar-refractivity contribution in [2.24, 2.45) is 0 Å². The van der Waals surface area contributed by atoms with Crippen LogP contribution in [0.1, 0.15) is 18.5 Å². The van der Waals surface area contributed by atoms with Crippen LogP contribution < -0.4 is 10.1 Å². The Bertz CT molecular complexity index is 872. The molecule has 0 aromatic heterocycles. The van der Waals surface area contributed by atoms with Crippen molar-refractivity contribution in [2.75, 3.05) is 18.7 Å². The van der Waals surface area contributed by atoms with Crippen LogP contribution in [-0.4, -0.2) is 21.8 Å². The third kappa shape index (κ3) is 3.96. The van der Waals surface area contributed by atoms with E-state index >= 15 is 0 Å². The smallest absolute Gasteiger partial charge is 0.177 e. The monoisotopic (exact) mass is 375 g/mol. The highest BCUT2D eigenvalue weighted by atomic mass is 35.5. The first kappa shape index (κ1) is 18.5. The lowest BCUT2D eigenvalue weighted by Crippen LogP contribution is -2.12. The van der Waals surface area contributed by atoms with Crippen LogP contribution in [0.25, 0.3) is 0 Å². The van der Waals surface area contributed by atoms with Gasteiger partial charge in [0.25, 0.3) is 0 Å². The first-order valence-corrected chi connectivity index (χ1v) is 9.19. The summed E-state index contributed by atoms with van der Waals surface area (Å²) in [4.78, 5) is -0.0581. The highest BCUT2D eigenvalue weighted by Crippen LogP contribution is 2.36. The number of halogens is 3. The predicted molar refractivity (Wildman–Crippen MR) is 89.5 cm³/mol. The second kappa shape index (κ2) is 6.94. The molecule has 1 unspecified atom stereocenters. The Morgan fingerprint density at radius 3 is 2.42 bits per heavy atom. The third-order valence-corrected chi connectivity index (χ3v) is 4.86. The zero-order valence-corrected chi connectivity index (χ0v) is 14.8. The van der Waals surface area contributed by atoms with E-state index in [0.717, 1.165) is 24.5 Å². The van der Waals surface area contributed by atoms with Crippen LogP contribution in [0.5, 0.6) is 5.75 Å². The first-order chi connectivity index (χ1) is 11.1. The molecule has 0 amide bonds. The van der Waals surface area contributed by atoms with Crippen molar-refractivity contribution < 1.29 is 21.9 Å². The van der Waals surface area contributed by atoms with E-state index in [0.29, 0.717) is 5.56 Å². The Morgan fingerprint density at radius 2 is 1.83 bits per heavy atom. The standard InChI is InChI=1S/C16H16ClF2NO3S/c1-9(12-6-11(19)7-13(17)16(12)23-2)20-14-8-10(18)4-5-15(14)24(3,21)22/h4-9,20H,1-3H3. The highest BCUT2D eigenvalue weighted by Gasteiger charge is 2.20. The van der Waals surface area contributed by atoms with Gasteiger partial charge < -0.3 is 10.1 Å². The summed E-state index contributed by atoms with van der Waals surface area (Å²) in [5, 5.41) is 2.97. The number of nitrogens with one attached hydrogen (secondary N) is 1. The lowest BCUT2D eigenvalue weighted by molar-refractivity contribution is 0.406. The van der Waals surface area contributed by atoms with Gasteiger partial charge in [0.2, 0.25) is 0 Å². The largest absolute Gasteiger partial charge is 0.495 e. The predicted octanol–water partition coefficient (Wildman–Crippen LogP) is 4.20. The summed E-state index contributed by atoms with van der Waals surface area (Å²) in [6, 6.07) is 5.06. The maximum atomic E-state index is 13.7. The van der Waals surface area contributed by atoms with E-state index < -0.39 is 27.5 Å². The number of sulfone groups is 1. The van der Waals surface area contributed by atoms with Crippen LogP contribution in [0.2, 0.25) is 5.02 Å². The molecular formula is C16H16ClF2NO3S. The van der Waals surface area contributed by atoms with Crippen LogP contribution in [0.3, 0.4) is 0 Å². The third-order valence-electron chi connectivity index (χ3n) is 3.42. The van der Waals surface area contributed by atoms with Gasteiger partial charge in [0, 0.05) is 11.8 Å². The molecule has 130 valence electrons. The van der Waals surface area contributed by atoms with Crippen LogP contribution in [0, 0.1) is 11.6 Å². The Kier molecular flexibility index (Phi) is 5.35. The van der Waals surface area contributed by atoms with Gasteiger partial charge in [0.15, 0.2) is 9.84 Å². The molecule has 24 heavy (non-hydrogen) atoms. The molecule has 0 saturated carbocycles. The van der Waals surface area contributed by atoms with Gasteiger partial charge in [-0.15, -0.1) is 0 Å². The van der Waals surface area contributed by atoms with Gasteiger partial charge in [-0.05, 0) is 37.3 Å². The molecule has 2 rings (SSSR count). The Balaban J connectivity index is 2.48. The maximum Gasteiger partial charge on any atom is 0.177 e. The van der Waals surface area contributed by atoms with Crippen LogP contribution in [-0.2, 0) is 9.84 Å². The molecule has 0 fully saturated rings. The number of ether oxygens (including phenoxy) is 1. The molecule has 0 radical (unpaired) electrons. The van der Waals surface area contributed by atoms with Gasteiger partial charge in [-0.25, -0.2) is 17.2 Å². The maximum absolute atomic E-state index is 13.7. The van der Waals surface area contributed by atoms with Gasteiger partial charge in [0.1, 0.15) is 17.4 Å². The molecule has 8 heteroatoms. The van der Waals surface area contributed by atoms with Crippen molar-refractivity contribution in [2.45, 2.75) is 17.9 Å². The Hall–Kier alpha value is -1.86. The second-order valence-electron chi connectivity index (χ2n) is 5.29. The lowest BCUT2D eigenvalue weighted by Gasteiger charge is -2.21. The average molecular weight is 376 g/mol. The molecule has 0 saturated heterocycles. The summed E-state index contributed by atoms with van der Waals surface area (Å²) in [6.45, 7) is 1.66. The second-order valence-corrected chi connectivity index (χ2v) is 7.68. The first-order valence-electron chi connectivity index (χ1n) is 6.92. The molecule has 0 heterocycles. The summed E-state index contributed by atoms with van der Waals surface area (Å²) in [6.07, 6.45) is 1.02. The van der Waals surface area contributed by atoms with Gasteiger partial charge in [-0.3, -0.25) is 0 Å². The van der Waals surface area contributed by atoms with Crippen LogP contribution in [0.15, 0.2) is 35.2 Å². The van der Waals surface area contributed by atoms with Gasteiger partial charge in [-0.2, -0.15) is 0 Å². The van der Waals surface area contributed by atoms with E-state index in [2.05, 4.69) is 5.32 Å². The van der Waals surface area contributed by atoms with E-state index in [-0.39, 0.29) is 21.4 Å². The summed E-state index contributed by atoms with van der Waals surface area (Å²) in [5.74, 6) is -0.899. The van der Waals surface area contributed by atoms with Crippen molar-refractivity contribution in [3.63, 3.8) is 0 Å². The van der Waals surface area contributed by atoms with Crippen molar-refractivity contribution in [1.82, 2.24) is 0 Å². The van der Waals surface area contributed by atoms with E-state index in [1.165, 1.54) is 19.2 Å². The molecule has 4 nitrogen and oxygen atoms in total. The summed E-state index contributed by atoms with van der Waals surface area (Å²) in [7, 11) is -2.18. The molecule has 2 aromatic carbocycles. The van der Waals surface area contributed by atoms with Gasteiger partial charge in [-0.1, -0.05) is 11.6 Å². The summed E-state index contributed by atoms with van der Waals surface area (Å²) in [5.41, 5.74) is 0.457. The van der Waals surface area contributed by atoms with E-state index in [1.807, 2.05) is 0 Å². The Labute approximate surface area is 144 Å². The minimum atomic E-state index is -3.57. The zero-order chi connectivity index (χ0) is 18.1. The minimum Gasteiger partial charge on any atom is -0.495 e. The van der Waals surface area contributed by atoms with E-state index in [4.69, 9.17) is 16.3 Å². The van der Waals surface area contributed by atoms with Gasteiger partial charge >= 0.3 is 0 Å². The van der Waals surface area contributed by atoms with Crippen molar-refractivity contribution in [3.05, 3.63) is 52.6 Å². The molecule has 0 aliphatic heterocycles. The average Bonchev–Trinajstić information content (AvgIpc) is 2.45. The van der Waals surface area contributed by atoms with Crippen LogP contribution in [0.4, 0.5) is 14.5 Å². The Morgan fingerprint density at radius 1 is 1.17 bits per heavy atom. The number of hydrogen-bond acceptors (Lipinski definition) is 4. The molecular weight excluding hydrogens is 360 g/mol. The summed E-state index contributed by atoms with van der Waals surface area (Å²) < 4.78 is 56.0. The van der Waals surface area contributed by atoms with Gasteiger partial charge in [0.05, 0.1) is 28.8 Å². The fourth-order valence-corrected chi connectivity index (χ4v) is 3.49. The topological polar surface area (TPSA) is 55.4 Å². The number of rotatable bonds is 5. The highest BCUT2D eigenvalue weighted by molar-refractivity contribution is 7.90. The molecule has 1 N–H and O–H groups in total. The number of anilines is 1. The lowest BCUT2D eigenvalue weighted by atomic mass is 10.1. The number of benzene rings is 2. The fourth-order valence-electron chi connectivity index (χ4n) is 2.37.